The van der Waals surface area contributed by atoms with E-state index in [9.17, 15) is 14.4 Å². The van der Waals surface area contributed by atoms with Crippen LogP contribution in [0.15, 0.2) is 97.1 Å². The first-order valence-electron chi connectivity index (χ1n) is 17.2. The zero-order valence-electron chi connectivity index (χ0n) is 29.8. The molecular weight excluding hydrogens is 627 g/mol. The number of rotatable bonds is 17. The van der Waals surface area contributed by atoms with Crippen LogP contribution in [0, 0.1) is 5.41 Å². The summed E-state index contributed by atoms with van der Waals surface area (Å²) in [5, 5.41) is 9.25. The fourth-order valence-electron chi connectivity index (χ4n) is 6.19. The lowest BCUT2D eigenvalue weighted by atomic mass is 9.92. The number of amides is 2. The Morgan fingerprint density at radius 2 is 1.35 bits per heavy atom. The molecule has 2 amide bonds. The summed E-state index contributed by atoms with van der Waals surface area (Å²) in [6.07, 6.45) is 2.28. The van der Waals surface area contributed by atoms with E-state index in [2.05, 4.69) is 49.8 Å². The molecule has 0 atom stereocenters. The standard InChI is InChI=1S/C41H51N3O4Si/c1-7-30-11-15-32(16-12-30)40(47)44-35-17-21-37(22-18-35)48-36-19-13-31(14-20-36)27-38(45)33-9-8-10-34(28-33)39(46)43-25-26-49(5,6)29-41(2,3)23-24-42-4/h8-22,28,42H,7,23-27,29H2,1-6H3,(H,43,46)(H,44,47). The van der Waals surface area contributed by atoms with E-state index in [1.165, 1.54) is 11.6 Å². The van der Waals surface area contributed by atoms with Crippen LogP contribution in [0.1, 0.15) is 69.4 Å². The van der Waals surface area contributed by atoms with Gasteiger partial charge in [-0.1, -0.05) is 76.3 Å². The summed E-state index contributed by atoms with van der Waals surface area (Å²) >= 11 is 0. The average Bonchev–Trinajstić information content (AvgIpc) is 3.08. The number of hydrogen-bond acceptors (Lipinski definition) is 5. The van der Waals surface area contributed by atoms with Gasteiger partial charge in [0.2, 0.25) is 0 Å². The SMILES string of the molecule is CCc1ccc(C(=O)Nc2ccc(Oc3ccc(CC(=O)c4cccc(C(=O)NCC[Si](C)(C)CC(C)(C)CCNC)c4)cc3)cc2)cc1. The molecule has 4 rings (SSSR count). The Bertz CT molecular complexity index is 1700. The Morgan fingerprint density at radius 3 is 1.98 bits per heavy atom. The van der Waals surface area contributed by atoms with Gasteiger partial charge in [-0.3, -0.25) is 14.4 Å². The quantitative estimate of drug-likeness (QED) is 0.0767. The molecule has 0 radical (unpaired) electrons. The van der Waals surface area contributed by atoms with Gasteiger partial charge in [0.15, 0.2) is 5.78 Å². The molecule has 0 bridgehead atoms. The number of carbonyl (C=O) groups is 3. The van der Waals surface area contributed by atoms with E-state index < -0.39 is 8.07 Å². The molecule has 0 heterocycles. The Balaban J connectivity index is 1.25. The number of benzene rings is 4. The predicted molar refractivity (Wildman–Crippen MR) is 203 cm³/mol. The minimum absolute atomic E-state index is 0.0559. The van der Waals surface area contributed by atoms with Gasteiger partial charge in [0, 0.05) is 43.4 Å². The van der Waals surface area contributed by atoms with Crippen molar-refractivity contribution in [1.29, 1.82) is 0 Å². The second-order valence-electron chi connectivity index (χ2n) is 14.3. The molecule has 0 aliphatic carbocycles. The topological polar surface area (TPSA) is 96.5 Å². The Kier molecular flexibility index (Phi) is 13.1. The summed E-state index contributed by atoms with van der Waals surface area (Å²) in [4.78, 5) is 38.7. The highest BCUT2D eigenvalue weighted by Gasteiger charge is 2.30. The Labute approximate surface area is 292 Å². The Morgan fingerprint density at radius 1 is 0.735 bits per heavy atom. The highest BCUT2D eigenvalue weighted by atomic mass is 28.3. The molecule has 0 fully saturated rings. The lowest BCUT2D eigenvalue weighted by molar-refractivity contribution is 0.0954. The predicted octanol–water partition coefficient (Wildman–Crippen LogP) is 8.79. The van der Waals surface area contributed by atoms with Gasteiger partial charge in [-0.2, -0.15) is 0 Å². The number of carbonyl (C=O) groups excluding carboxylic acids is 3. The van der Waals surface area contributed by atoms with Crippen LogP contribution in [0.25, 0.3) is 0 Å². The second-order valence-corrected chi connectivity index (χ2v) is 19.5. The molecule has 0 unspecified atom stereocenters. The molecule has 258 valence electrons. The Hall–Kier alpha value is -4.53. The zero-order valence-corrected chi connectivity index (χ0v) is 30.8. The number of hydrogen-bond donors (Lipinski definition) is 3. The molecule has 0 aliphatic heterocycles. The van der Waals surface area contributed by atoms with Crippen molar-refractivity contribution in [2.45, 2.75) is 65.2 Å². The molecule has 7 nitrogen and oxygen atoms in total. The molecule has 4 aromatic carbocycles. The normalized spacial score (nSPS) is 11.6. The molecule has 0 aromatic heterocycles. The highest BCUT2D eigenvalue weighted by molar-refractivity contribution is 6.77. The number of ketones is 1. The fourth-order valence-corrected chi connectivity index (χ4v) is 9.93. The number of aryl methyl sites for hydroxylation is 1. The van der Waals surface area contributed by atoms with E-state index in [4.69, 9.17) is 4.74 Å². The zero-order chi connectivity index (χ0) is 35.4. The molecule has 3 N–H and O–H groups in total. The van der Waals surface area contributed by atoms with Gasteiger partial charge < -0.3 is 20.7 Å². The number of ether oxygens (including phenoxy) is 1. The maximum atomic E-state index is 13.2. The summed E-state index contributed by atoms with van der Waals surface area (Å²) in [6.45, 7) is 13.2. The van der Waals surface area contributed by atoms with Crippen molar-refractivity contribution in [2.24, 2.45) is 5.41 Å². The van der Waals surface area contributed by atoms with Crippen molar-refractivity contribution in [3.8, 4) is 11.5 Å². The third-order valence-electron chi connectivity index (χ3n) is 8.80. The van der Waals surface area contributed by atoms with Crippen molar-refractivity contribution in [3.63, 3.8) is 0 Å². The highest BCUT2D eigenvalue weighted by Crippen LogP contribution is 2.33. The van der Waals surface area contributed by atoms with Crippen molar-refractivity contribution >= 4 is 31.4 Å². The molecule has 0 aliphatic rings. The van der Waals surface area contributed by atoms with E-state index in [1.807, 2.05) is 55.6 Å². The van der Waals surface area contributed by atoms with Gasteiger partial charge in [-0.05, 0) is 110 Å². The summed E-state index contributed by atoms with van der Waals surface area (Å²) < 4.78 is 5.99. The number of anilines is 1. The first kappa shape index (κ1) is 37.3. The maximum Gasteiger partial charge on any atom is 0.255 e. The molecule has 0 spiro atoms. The van der Waals surface area contributed by atoms with Gasteiger partial charge in [0.05, 0.1) is 0 Å². The van der Waals surface area contributed by atoms with Crippen LogP contribution < -0.4 is 20.7 Å². The van der Waals surface area contributed by atoms with Crippen LogP contribution in [0.4, 0.5) is 5.69 Å². The van der Waals surface area contributed by atoms with Crippen molar-refractivity contribution in [1.82, 2.24) is 10.6 Å². The monoisotopic (exact) mass is 677 g/mol. The second kappa shape index (κ2) is 17.2. The van der Waals surface area contributed by atoms with Gasteiger partial charge >= 0.3 is 0 Å². The first-order valence-corrected chi connectivity index (χ1v) is 20.6. The summed E-state index contributed by atoms with van der Waals surface area (Å²) in [5.41, 5.74) is 4.61. The number of nitrogens with one attached hydrogen (secondary N) is 3. The van der Waals surface area contributed by atoms with Crippen LogP contribution in [0.5, 0.6) is 11.5 Å². The third kappa shape index (κ3) is 11.8. The largest absolute Gasteiger partial charge is 0.457 e. The third-order valence-corrected chi connectivity index (χ3v) is 12.3. The van der Waals surface area contributed by atoms with Crippen LogP contribution in [-0.4, -0.2) is 45.8 Å². The van der Waals surface area contributed by atoms with Crippen molar-refractivity contribution in [2.75, 3.05) is 25.5 Å². The average molecular weight is 678 g/mol. The molecule has 4 aromatic rings. The summed E-state index contributed by atoms with van der Waals surface area (Å²) in [5.74, 6) is 0.898. The van der Waals surface area contributed by atoms with E-state index >= 15 is 0 Å². The lowest BCUT2D eigenvalue weighted by Gasteiger charge is -2.34. The first-order chi connectivity index (χ1) is 23.4. The molecule has 49 heavy (non-hydrogen) atoms. The number of Topliss-reactive ketones (excluding diaryl/α,β-unsaturated/α-hetero) is 1. The van der Waals surface area contributed by atoms with E-state index in [1.54, 1.807) is 48.5 Å². The smallest absolute Gasteiger partial charge is 0.255 e. The van der Waals surface area contributed by atoms with Crippen LogP contribution in [0.3, 0.4) is 0 Å². The van der Waals surface area contributed by atoms with Crippen LogP contribution in [-0.2, 0) is 12.8 Å². The van der Waals surface area contributed by atoms with E-state index in [0.29, 0.717) is 40.4 Å². The summed E-state index contributed by atoms with van der Waals surface area (Å²) in [7, 11) is 0.496. The summed E-state index contributed by atoms with van der Waals surface area (Å²) in [6, 6.07) is 31.4. The van der Waals surface area contributed by atoms with E-state index in [-0.39, 0.29) is 29.4 Å². The van der Waals surface area contributed by atoms with E-state index in [0.717, 1.165) is 31.0 Å². The van der Waals surface area contributed by atoms with Gasteiger partial charge in [0.1, 0.15) is 11.5 Å². The minimum Gasteiger partial charge on any atom is -0.457 e. The van der Waals surface area contributed by atoms with Crippen LogP contribution >= 0.6 is 0 Å². The molecular formula is C41H51N3O4Si. The van der Waals surface area contributed by atoms with Gasteiger partial charge in [-0.25, -0.2) is 0 Å². The van der Waals surface area contributed by atoms with Crippen LogP contribution in [0.2, 0.25) is 25.2 Å². The maximum absolute atomic E-state index is 13.2. The fraction of sp³-hybridized carbons (Fsp3) is 0.341. The minimum atomic E-state index is -1.50. The van der Waals surface area contributed by atoms with Crippen molar-refractivity contribution in [3.05, 3.63) is 125 Å². The lowest BCUT2D eigenvalue weighted by Crippen LogP contribution is -2.37. The molecule has 8 heteroatoms. The van der Waals surface area contributed by atoms with Crippen molar-refractivity contribution < 1.29 is 19.1 Å². The molecule has 0 saturated heterocycles. The van der Waals surface area contributed by atoms with Gasteiger partial charge in [0.25, 0.3) is 11.8 Å². The molecule has 0 saturated carbocycles. The van der Waals surface area contributed by atoms with Gasteiger partial charge in [-0.15, -0.1) is 0 Å².